The van der Waals surface area contributed by atoms with Crippen LogP contribution in [-0.2, 0) is 9.53 Å². The molecule has 2 fully saturated rings. The molecule has 0 radical (unpaired) electrons. The first-order chi connectivity index (χ1) is 13.8. The summed E-state index contributed by atoms with van der Waals surface area (Å²) in [5.74, 6) is 0.282. The minimum atomic E-state index is 0.282. The Morgan fingerprint density at radius 2 is 1.39 bits per heavy atom. The Labute approximate surface area is 167 Å². The second kappa shape index (κ2) is 9.32. The number of carbonyl (C=O) groups excluding carboxylic acids is 1. The van der Waals surface area contributed by atoms with Crippen molar-refractivity contribution in [2.75, 3.05) is 59.0 Å². The number of hydrogen-bond donors (Lipinski definition) is 2. The number of amides is 1. The molecule has 2 heterocycles. The Hall–Kier alpha value is -2.21. The lowest BCUT2D eigenvalue weighted by Crippen LogP contribution is -3.28. The van der Waals surface area contributed by atoms with Crippen molar-refractivity contribution in [2.24, 2.45) is 0 Å². The summed E-state index contributed by atoms with van der Waals surface area (Å²) >= 11 is 0. The van der Waals surface area contributed by atoms with Crippen LogP contribution in [0.4, 0.5) is 0 Å². The van der Waals surface area contributed by atoms with Gasteiger partial charge >= 0.3 is 0 Å². The van der Waals surface area contributed by atoms with Gasteiger partial charge in [0.25, 0.3) is 5.91 Å². The highest BCUT2D eigenvalue weighted by molar-refractivity contribution is 5.77. The Morgan fingerprint density at radius 1 is 0.857 bits per heavy atom. The maximum atomic E-state index is 12.6. The maximum absolute atomic E-state index is 12.6. The number of rotatable bonds is 5. The quantitative estimate of drug-likeness (QED) is 0.727. The molecule has 2 aliphatic heterocycles. The lowest BCUT2D eigenvalue weighted by atomic mass is 9.96. The number of morpholine rings is 1. The van der Waals surface area contributed by atoms with E-state index in [1.165, 1.54) is 16.0 Å². The van der Waals surface area contributed by atoms with Gasteiger partial charge in [0.15, 0.2) is 6.54 Å². The van der Waals surface area contributed by atoms with Crippen LogP contribution in [0.15, 0.2) is 60.7 Å². The molecule has 2 aliphatic rings. The summed E-state index contributed by atoms with van der Waals surface area (Å²) in [6, 6.07) is 22.0. The number of nitrogens with one attached hydrogen (secondary N) is 2. The first kappa shape index (κ1) is 19.1. The van der Waals surface area contributed by atoms with Gasteiger partial charge in [0.1, 0.15) is 32.2 Å². The van der Waals surface area contributed by atoms with Crippen molar-refractivity contribution in [1.82, 2.24) is 4.90 Å². The van der Waals surface area contributed by atoms with Gasteiger partial charge < -0.3 is 19.4 Å². The third-order valence-electron chi connectivity index (χ3n) is 6.04. The van der Waals surface area contributed by atoms with Crippen molar-refractivity contribution in [3.63, 3.8) is 0 Å². The van der Waals surface area contributed by atoms with Gasteiger partial charge in [-0.25, -0.2) is 0 Å². The molecular weight excluding hydrogens is 350 g/mol. The summed E-state index contributed by atoms with van der Waals surface area (Å²) in [6.45, 7) is 7.71. The van der Waals surface area contributed by atoms with Crippen molar-refractivity contribution in [3.05, 3.63) is 71.8 Å². The third-order valence-corrected chi connectivity index (χ3v) is 6.04. The smallest absolute Gasteiger partial charge is 0.277 e. The molecule has 0 spiro atoms. The molecule has 2 aromatic carbocycles. The molecule has 0 unspecified atom stereocenters. The second-order valence-electron chi connectivity index (χ2n) is 7.83. The molecule has 2 aromatic rings. The number of hydrogen-bond acceptors (Lipinski definition) is 2. The zero-order valence-corrected chi connectivity index (χ0v) is 16.5. The van der Waals surface area contributed by atoms with Crippen molar-refractivity contribution in [2.45, 2.75) is 6.04 Å². The first-order valence-electron chi connectivity index (χ1n) is 10.4. The van der Waals surface area contributed by atoms with Crippen LogP contribution in [0.25, 0.3) is 0 Å². The number of carbonyl (C=O) groups is 1. The van der Waals surface area contributed by atoms with Crippen LogP contribution in [0.3, 0.4) is 0 Å². The maximum Gasteiger partial charge on any atom is 0.277 e. The molecule has 1 amide bonds. The molecular formula is C23H31N3O2+2. The standard InChI is InChI=1S/C23H29N3O2/c27-22(25-15-17-28-18-16-25)19-24-11-13-26(14-12-24)23(20-7-3-1-4-8-20)21-9-5-2-6-10-21/h1-10,23H,11-19H2/p+2. The van der Waals surface area contributed by atoms with Gasteiger partial charge in [0, 0.05) is 24.2 Å². The number of nitrogens with zero attached hydrogens (tertiary/aromatic N) is 1. The van der Waals surface area contributed by atoms with Crippen molar-refractivity contribution < 1.29 is 19.3 Å². The van der Waals surface area contributed by atoms with Gasteiger partial charge in [-0.05, 0) is 0 Å². The minimum Gasteiger partial charge on any atom is -0.378 e. The third kappa shape index (κ3) is 4.61. The molecule has 2 saturated heterocycles. The Bertz CT molecular complexity index is 699. The van der Waals surface area contributed by atoms with E-state index in [2.05, 4.69) is 60.7 Å². The molecule has 5 nitrogen and oxygen atoms in total. The van der Waals surface area contributed by atoms with E-state index in [4.69, 9.17) is 4.74 Å². The van der Waals surface area contributed by atoms with Crippen LogP contribution in [0.5, 0.6) is 0 Å². The summed E-state index contributed by atoms with van der Waals surface area (Å²) < 4.78 is 5.36. The topological polar surface area (TPSA) is 38.4 Å². The molecule has 4 rings (SSSR count). The molecule has 0 saturated carbocycles. The van der Waals surface area contributed by atoms with Crippen LogP contribution in [0.2, 0.25) is 0 Å². The highest BCUT2D eigenvalue weighted by Crippen LogP contribution is 2.18. The molecule has 0 bridgehead atoms. The van der Waals surface area contributed by atoms with Gasteiger partial charge in [-0.3, -0.25) is 4.79 Å². The largest absolute Gasteiger partial charge is 0.378 e. The van der Waals surface area contributed by atoms with E-state index >= 15 is 0 Å². The fourth-order valence-electron chi connectivity index (χ4n) is 4.48. The number of ether oxygens (including phenoxy) is 1. The Balaban J connectivity index is 1.40. The van der Waals surface area contributed by atoms with E-state index in [-0.39, 0.29) is 5.91 Å². The normalized spacial score (nSPS) is 23.0. The van der Waals surface area contributed by atoms with Crippen molar-refractivity contribution in [1.29, 1.82) is 0 Å². The van der Waals surface area contributed by atoms with E-state index < -0.39 is 0 Å². The molecule has 28 heavy (non-hydrogen) atoms. The summed E-state index contributed by atoms with van der Waals surface area (Å²) in [5.41, 5.74) is 2.74. The Morgan fingerprint density at radius 3 is 1.93 bits per heavy atom. The predicted octanol–water partition coefficient (Wildman–Crippen LogP) is -0.582. The van der Waals surface area contributed by atoms with Gasteiger partial charge in [0.05, 0.1) is 13.2 Å². The van der Waals surface area contributed by atoms with Gasteiger partial charge in [0.2, 0.25) is 0 Å². The fourth-order valence-corrected chi connectivity index (χ4v) is 4.48. The summed E-state index contributed by atoms with van der Waals surface area (Å²) in [6.07, 6.45) is 0. The SMILES string of the molecule is O=C(C[NH+]1CC[NH+](C(c2ccccc2)c2ccccc2)CC1)N1CCOCC1. The van der Waals surface area contributed by atoms with Crippen LogP contribution in [0.1, 0.15) is 17.2 Å². The van der Waals surface area contributed by atoms with E-state index in [0.29, 0.717) is 25.8 Å². The minimum absolute atomic E-state index is 0.282. The average molecular weight is 382 g/mol. The van der Waals surface area contributed by atoms with E-state index in [1.54, 1.807) is 4.90 Å². The zero-order valence-electron chi connectivity index (χ0n) is 16.5. The van der Waals surface area contributed by atoms with Crippen LogP contribution < -0.4 is 9.80 Å². The van der Waals surface area contributed by atoms with Crippen molar-refractivity contribution in [3.8, 4) is 0 Å². The van der Waals surface area contributed by atoms with Gasteiger partial charge in [-0.1, -0.05) is 60.7 Å². The predicted molar refractivity (Wildman–Crippen MR) is 108 cm³/mol. The molecule has 0 atom stereocenters. The van der Waals surface area contributed by atoms with Gasteiger partial charge in [-0.15, -0.1) is 0 Å². The summed E-state index contributed by atoms with van der Waals surface area (Å²) in [5, 5.41) is 0. The lowest BCUT2D eigenvalue weighted by molar-refractivity contribution is -1.02. The number of quaternary nitrogens is 2. The Kier molecular flexibility index (Phi) is 6.37. The fraction of sp³-hybridized carbons (Fsp3) is 0.435. The average Bonchev–Trinajstić information content (AvgIpc) is 2.77. The van der Waals surface area contributed by atoms with Crippen molar-refractivity contribution >= 4 is 5.91 Å². The highest BCUT2D eigenvalue weighted by atomic mass is 16.5. The molecule has 2 N–H and O–H groups in total. The summed E-state index contributed by atoms with van der Waals surface area (Å²) in [7, 11) is 0. The first-order valence-corrected chi connectivity index (χ1v) is 10.4. The zero-order chi connectivity index (χ0) is 19.2. The van der Waals surface area contributed by atoms with E-state index in [0.717, 1.165) is 39.3 Å². The lowest BCUT2D eigenvalue weighted by Gasteiger charge is -2.35. The molecule has 0 aromatic heterocycles. The van der Waals surface area contributed by atoms with Crippen LogP contribution >= 0.6 is 0 Å². The monoisotopic (exact) mass is 381 g/mol. The second-order valence-corrected chi connectivity index (χ2v) is 7.83. The summed E-state index contributed by atoms with van der Waals surface area (Å²) in [4.78, 5) is 17.5. The van der Waals surface area contributed by atoms with Crippen LogP contribution in [0, 0.1) is 0 Å². The molecule has 148 valence electrons. The highest BCUT2D eigenvalue weighted by Gasteiger charge is 2.33. The van der Waals surface area contributed by atoms with Crippen LogP contribution in [-0.4, -0.2) is 69.8 Å². The molecule has 0 aliphatic carbocycles. The van der Waals surface area contributed by atoms with Gasteiger partial charge in [-0.2, -0.15) is 0 Å². The molecule has 5 heteroatoms. The number of piperazine rings is 1. The van der Waals surface area contributed by atoms with E-state index in [9.17, 15) is 4.79 Å². The van der Waals surface area contributed by atoms with E-state index in [1.807, 2.05) is 4.90 Å². The number of benzene rings is 2.